The van der Waals surface area contributed by atoms with Gasteiger partial charge in [0.25, 0.3) is 5.69 Å². The summed E-state index contributed by atoms with van der Waals surface area (Å²) in [6.45, 7) is 3.34. The fourth-order valence-corrected chi connectivity index (χ4v) is 1.67. The molecule has 2 N–H and O–H groups in total. The molecule has 12 heteroatoms. The van der Waals surface area contributed by atoms with Crippen molar-refractivity contribution in [2.75, 3.05) is 6.61 Å². The predicted octanol–water partition coefficient (Wildman–Crippen LogP) is 2.10. The first-order chi connectivity index (χ1) is 12.1. The monoisotopic (exact) mass is 366 g/mol. The van der Waals surface area contributed by atoms with E-state index < -0.39 is 27.5 Å². The summed E-state index contributed by atoms with van der Waals surface area (Å²) < 4.78 is 4.64. The third-order valence-corrected chi connectivity index (χ3v) is 2.77. The van der Waals surface area contributed by atoms with Gasteiger partial charge in [0.1, 0.15) is 6.20 Å². The number of nitrogens with zero attached hydrogens (tertiary/aromatic N) is 3. The Hall–Kier alpha value is -3.83. The second-order valence-electron chi connectivity index (χ2n) is 4.66. The highest BCUT2D eigenvalue weighted by Crippen LogP contribution is 2.18. The lowest BCUT2D eigenvalue weighted by Gasteiger charge is -2.03. The molecular weight excluding hydrogens is 352 g/mol. The number of nitro groups is 2. The molecule has 0 spiro atoms. The number of nitrogens with one attached hydrogen (secondary N) is 1. The van der Waals surface area contributed by atoms with E-state index in [9.17, 15) is 29.8 Å². The van der Waals surface area contributed by atoms with Crippen LogP contribution in [0.1, 0.15) is 33.5 Å². The van der Waals surface area contributed by atoms with Gasteiger partial charge in [0.2, 0.25) is 0 Å². The largest absolute Gasteiger partial charge is 0.478 e. The first kappa shape index (κ1) is 20.2. The van der Waals surface area contributed by atoms with Gasteiger partial charge in [-0.1, -0.05) is 0 Å². The number of carbonyl (C=O) groups is 2. The molecule has 1 heterocycles. The van der Waals surface area contributed by atoms with E-state index in [0.29, 0.717) is 5.82 Å². The van der Waals surface area contributed by atoms with Gasteiger partial charge in [0, 0.05) is 19.1 Å². The highest BCUT2D eigenvalue weighted by atomic mass is 16.6. The number of nitro benzene ring substituents is 1. The Morgan fingerprint density at radius 2 is 1.81 bits per heavy atom. The molecule has 1 aromatic carbocycles. The Kier molecular flexibility index (Phi) is 6.89. The van der Waals surface area contributed by atoms with Crippen LogP contribution < -0.4 is 0 Å². The first-order valence-electron chi connectivity index (χ1n) is 7.01. The smallest absolute Gasteiger partial charge is 0.340 e. The van der Waals surface area contributed by atoms with E-state index in [0.717, 1.165) is 18.2 Å². The van der Waals surface area contributed by atoms with Gasteiger partial charge in [0.05, 0.1) is 22.7 Å². The van der Waals surface area contributed by atoms with E-state index in [4.69, 9.17) is 5.11 Å². The number of aromatic amines is 1. The third-order valence-electron chi connectivity index (χ3n) is 2.77. The molecule has 0 amide bonds. The van der Waals surface area contributed by atoms with Crippen molar-refractivity contribution in [2.24, 2.45) is 0 Å². The van der Waals surface area contributed by atoms with E-state index in [1.54, 1.807) is 13.8 Å². The molecule has 0 saturated carbocycles. The van der Waals surface area contributed by atoms with Crippen molar-refractivity contribution in [2.45, 2.75) is 13.8 Å². The topological polar surface area (TPSA) is 179 Å². The fourth-order valence-electron chi connectivity index (χ4n) is 1.67. The van der Waals surface area contributed by atoms with E-state index in [1.807, 2.05) is 0 Å². The highest BCUT2D eigenvalue weighted by Gasteiger charge is 2.18. The number of ether oxygens (including phenoxy) is 1. The molecule has 12 nitrogen and oxygen atoms in total. The minimum Gasteiger partial charge on any atom is -0.478 e. The molecular formula is C14H14N4O8. The van der Waals surface area contributed by atoms with Gasteiger partial charge < -0.3 is 20.0 Å². The summed E-state index contributed by atoms with van der Waals surface area (Å²) in [5.41, 5.74) is -0.950. The van der Waals surface area contributed by atoms with Gasteiger partial charge in [-0.05, 0) is 17.9 Å². The number of benzene rings is 1. The summed E-state index contributed by atoms with van der Waals surface area (Å²) in [4.78, 5) is 47.4. The van der Waals surface area contributed by atoms with Crippen LogP contribution in [-0.4, -0.2) is 43.5 Å². The van der Waals surface area contributed by atoms with E-state index >= 15 is 0 Å². The van der Waals surface area contributed by atoms with Crippen LogP contribution in [0, 0.1) is 27.2 Å². The van der Waals surface area contributed by atoms with E-state index in [-0.39, 0.29) is 23.6 Å². The zero-order valence-electron chi connectivity index (χ0n) is 13.7. The normalized spacial score (nSPS) is 9.62. The van der Waals surface area contributed by atoms with Crippen LogP contribution in [0.4, 0.5) is 11.5 Å². The Morgan fingerprint density at radius 3 is 2.19 bits per heavy atom. The number of aryl methyl sites for hydroxylation is 1. The van der Waals surface area contributed by atoms with Crippen molar-refractivity contribution >= 4 is 23.4 Å². The number of non-ortho nitro benzene ring substituents is 1. The molecule has 0 fully saturated rings. The van der Waals surface area contributed by atoms with Gasteiger partial charge >= 0.3 is 17.8 Å². The highest BCUT2D eigenvalue weighted by molar-refractivity contribution is 5.95. The Balaban J connectivity index is 0.000000314. The van der Waals surface area contributed by atoms with Crippen LogP contribution in [0.25, 0.3) is 0 Å². The number of carboxylic acid groups (broad SMARTS) is 1. The molecule has 26 heavy (non-hydrogen) atoms. The molecule has 0 aliphatic rings. The maximum Gasteiger partial charge on any atom is 0.340 e. The van der Waals surface area contributed by atoms with Gasteiger partial charge in [-0.3, -0.25) is 10.1 Å². The van der Waals surface area contributed by atoms with Gasteiger partial charge in [-0.2, -0.15) is 0 Å². The number of H-pyrrole nitrogens is 1. The van der Waals surface area contributed by atoms with Crippen molar-refractivity contribution in [3.8, 4) is 0 Å². The summed E-state index contributed by atoms with van der Waals surface area (Å²) >= 11 is 0. The van der Waals surface area contributed by atoms with E-state index in [1.165, 1.54) is 6.20 Å². The second kappa shape index (κ2) is 8.86. The molecule has 0 aliphatic heterocycles. The van der Waals surface area contributed by atoms with Gasteiger partial charge in [0.15, 0.2) is 5.82 Å². The number of esters is 1. The lowest BCUT2D eigenvalue weighted by molar-refractivity contribution is -0.389. The predicted molar refractivity (Wildman–Crippen MR) is 86.0 cm³/mol. The molecule has 0 unspecified atom stereocenters. The summed E-state index contributed by atoms with van der Waals surface area (Å²) in [5, 5.41) is 29.3. The number of rotatable bonds is 5. The first-order valence-corrected chi connectivity index (χ1v) is 7.01. The van der Waals surface area contributed by atoms with E-state index in [2.05, 4.69) is 14.7 Å². The van der Waals surface area contributed by atoms with Crippen LogP contribution in [0.15, 0.2) is 24.4 Å². The average Bonchev–Trinajstić information content (AvgIpc) is 3.02. The number of hydrogen-bond donors (Lipinski definition) is 2. The summed E-state index contributed by atoms with van der Waals surface area (Å²) in [5.74, 6) is -1.65. The number of carboxylic acids is 1. The molecule has 0 radical (unpaired) electrons. The van der Waals surface area contributed by atoms with Crippen molar-refractivity contribution in [1.82, 2.24) is 9.97 Å². The number of aromatic nitrogens is 2. The minimum absolute atomic E-state index is 0.0625. The maximum absolute atomic E-state index is 11.4. The van der Waals surface area contributed by atoms with Crippen molar-refractivity contribution in [3.05, 3.63) is 61.6 Å². The zero-order valence-corrected chi connectivity index (χ0v) is 13.7. The van der Waals surface area contributed by atoms with Crippen molar-refractivity contribution < 1.29 is 29.3 Å². The average molecular weight is 366 g/mol. The Labute approximate surface area is 145 Å². The lowest BCUT2D eigenvalue weighted by Crippen LogP contribution is -2.08. The summed E-state index contributed by atoms with van der Waals surface area (Å²) in [7, 11) is 0. The van der Waals surface area contributed by atoms with Crippen LogP contribution in [0.3, 0.4) is 0 Å². The van der Waals surface area contributed by atoms with Crippen LogP contribution in [-0.2, 0) is 4.74 Å². The zero-order chi connectivity index (χ0) is 19.9. The molecule has 1 aromatic heterocycles. The summed E-state index contributed by atoms with van der Waals surface area (Å²) in [6, 6.07) is 2.89. The van der Waals surface area contributed by atoms with Crippen LogP contribution in [0.5, 0.6) is 0 Å². The molecule has 2 aromatic rings. The number of carbonyl (C=O) groups excluding carboxylic acids is 1. The lowest BCUT2D eigenvalue weighted by atomic mass is 10.1. The van der Waals surface area contributed by atoms with Crippen LogP contribution >= 0.6 is 0 Å². The summed E-state index contributed by atoms with van der Waals surface area (Å²) in [6.07, 6.45) is 1.19. The van der Waals surface area contributed by atoms with Crippen molar-refractivity contribution in [3.63, 3.8) is 0 Å². The number of hydrogen-bond acceptors (Lipinski definition) is 8. The van der Waals surface area contributed by atoms with Crippen molar-refractivity contribution in [1.29, 1.82) is 0 Å². The molecule has 0 saturated heterocycles. The molecule has 0 atom stereocenters. The number of imidazole rings is 1. The Bertz CT molecular complexity index is 813. The SMILES string of the molecule is CCOC(=O)c1cc(C(=O)O)cc([N+](=O)[O-])c1.Cc1ncc([N+](=O)[O-])[nH]1. The fraction of sp³-hybridized carbons (Fsp3) is 0.214. The quantitative estimate of drug-likeness (QED) is 0.455. The molecule has 0 aliphatic carbocycles. The van der Waals surface area contributed by atoms with Gasteiger partial charge in [-0.25, -0.2) is 19.6 Å². The third kappa shape index (κ3) is 5.67. The minimum atomic E-state index is -1.35. The number of aromatic carboxylic acids is 1. The maximum atomic E-state index is 11.4. The van der Waals surface area contributed by atoms with Crippen LogP contribution in [0.2, 0.25) is 0 Å². The molecule has 138 valence electrons. The standard InChI is InChI=1S/C10H9NO6.C4H5N3O2/c1-2-17-10(14)7-3-6(9(12)13)4-8(5-7)11(15)16;1-3-5-2-4(6-3)7(8)9/h3-5H,2H2,1H3,(H,12,13);2H,1H3,(H,5,6). The Morgan fingerprint density at radius 1 is 1.19 bits per heavy atom. The molecule has 2 rings (SSSR count). The van der Waals surface area contributed by atoms with Gasteiger partial charge in [-0.15, -0.1) is 0 Å². The molecule has 0 bridgehead atoms. The second-order valence-corrected chi connectivity index (χ2v) is 4.66.